The SMILES string of the molecule is CCc1ccc(CC(C)(C)C2NC(C)CO2)cc1. The summed E-state index contributed by atoms with van der Waals surface area (Å²) in [4.78, 5) is 0. The van der Waals surface area contributed by atoms with Gasteiger partial charge >= 0.3 is 0 Å². The Balaban J connectivity index is 2.02. The largest absolute Gasteiger partial charge is 0.361 e. The highest BCUT2D eigenvalue weighted by Crippen LogP contribution is 2.29. The molecule has 1 aromatic carbocycles. The smallest absolute Gasteiger partial charge is 0.113 e. The molecule has 1 fully saturated rings. The Labute approximate surface area is 111 Å². The van der Waals surface area contributed by atoms with E-state index in [1.54, 1.807) is 0 Å². The fraction of sp³-hybridized carbons (Fsp3) is 0.625. The first kappa shape index (κ1) is 13.6. The Morgan fingerprint density at radius 2 is 1.83 bits per heavy atom. The Kier molecular flexibility index (Phi) is 4.08. The molecule has 0 spiro atoms. The number of benzene rings is 1. The van der Waals surface area contributed by atoms with Crippen molar-refractivity contribution in [2.75, 3.05) is 6.61 Å². The molecule has 2 unspecified atom stereocenters. The number of aryl methyl sites for hydroxylation is 1. The lowest BCUT2D eigenvalue weighted by Crippen LogP contribution is -2.41. The molecular formula is C16H25NO. The van der Waals surface area contributed by atoms with E-state index in [0.717, 1.165) is 19.4 Å². The van der Waals surface area contributed by atoms with E-state index in [9.17, 15) is 0 Å². The molecule has 2 rings (SSSR count). The summed E-state index contributed by atoms with van der Waals surface area (Å²) >= 11 is 0. The minimum Gasteiger partial charge on any atom is -0.361 e. The van der Waals surface area contributed by atoms with E-state index in [1.165, 1.54) is 11.1 Å². The molecule has 0 saturated carbocycles. The summed E-state index contributed by atoms with van der Waals surface area (Å²) in [6.07, 6.45) is 2.31. The number of hydrogen-bond acceptors (Lipinski definition) is 2. The molecule has 2 nitrogen and oxygen atoms in total. The minimum atomic E-state index is 0.124. The molecule has 2 atom stereocenters. The van der Waals surface area contributed by atoms with Crippen LogP contribution >= 0.6 is 0 Å². The first-order valence-corrected chi connectivity index (χ1v) is 6.97. The van der Waals surface area contributed by atoms with Crippen LogP contribution in [0.1, 0.15) is 38.8 Å². The van der Waals surface area contributed by atoms with Gasteiger partial charge in [0.2, 0.25) is 0 Å². The Morgan fingerprint density at radius 3 is 2.33 bits per heavy atom. The number of ether oxygens (including phenoxy) is 1. The normalized spacial score (nSPS) is 24.4. The van der Waals surface area contributed by atoms with Crippen LogP contribution in [0.3, 0.4) is 0 Å². The topological polar surface area (TPSA) is 21.3 Å². The predicted octanol–water partition coefficient (Wildman–Crippen LogP) is 3.15. The van der Waals surface area contributed by atoms with Crippen molar-refractivity contribution >= 4 is 0 Å². The van der Waals surface area contributed by atoms with Gasteiger partial charge < -0.3 is 4.74 Å². The van der Waals surface area contributed by atoms with Crippen molar-refractivity contribution in [3.63, 3.8) is 0 Å². The third-order valence-electron chi connectivity index (χ3n) is 3.75. The summed E-state index contributed by atoms with van der Waals surface area (Å²) in [5.74, 6) is 0. The van der Waals surface area contributed by atoms with Crippen LogP contribution in [0.25, 0.3) is 0 Å². The van der Waals surface area contributed by atoms with E-state index < -0.39 is 0 Å². The van der Waals surface area contributed by atoms with Crippen LogP contribution in [0.2, 0.25) is 0 Å². The van der Waals surface area contributed by atoms with Crippen molar-refractivity contribution in [3.05, 3.63) is 35.4 Å². The van der Waals surface area contributed by atoms with Crippen LogP contribution in [-0.2, 0) is 17.6 Å². The molecule has 18 heavy (non-hydrogen) atoms. The van der Waals surface area contributed by atoms with Crippen LogP contribution in [0, 0.1) is 5.41 Å². The van der Waals surface area contributed by atoms with Gasteiger partial charge in [-0.25, -0.2) is 0 Å². The standard InChI is InChI=1S/C16H25NO/c1-5-13-6-8-14(9-7-13)10-16(3,4)15-17-12(2)11-18-15/h6-9,12,15,17H,5,10-11H2,1-4H3. The fourth-order valence-corrected chi connectivity index (χ4v) is 2.56. The molecule has 0 aromatic heterocycles. The lowest BCUT2D eigenvalue weighted by Gasteiger charge is -2.31. The van der Waals surface area contributed by atoms with Crippen LogP contribution < -0.4 is 5.32 Å². The third kappa shape index (κ3) is 3.12. The van der Waals surface area contributed by atoms with Gasteiger partial charge in [-0.3, -0.25) is 5.32 Å². The molecule has 1 aliphatic rings. The summed E-state index contributed by atoms with van der Waals surface area (Å²) in [7, 11) is 0. The van der Waals surface area contributed by atoms with Gasteiger partial charge in [-0.1, -0.05) is 45.0 Å². The van der Waals surface area contributed by atoms with Gasteiger partial charge in [-0.15, -0.1) is 0 Å². The van der Waals surface area contributed by atoms with Gasteiger partial charge in [0.15, 0.2) is 0 Å². The molecule has 1 aliphatic heterocycles. The van der Waals surface area contributed by atoms with Crippen molar-refractivity contribution in [2.45, 2.75) is 52.8 Å². The highest BCUT2D eigenvalue weighted by molar-refractivity contribution is 5.23. The van der Waals surface area contributed by atoms with Crippen molar-refractivity contribution in [1.82, 2.24) is 5.32 Å². The zero-order valence-corrected chi connectivity index (χ0v) is 12.0. The summed E-state index contributed by atoms with van der Waals surface area (Å²) in [5.41, 5.74) is 2.92. The van der Waals surface area contributed by atoms with E-state index in [2.05, 4.69) is 57.3 Å². The number of rotatable bonds is 4. The molecular weight excluding hydrogens is 222 g/mol. The summed E-state index contributed by atoms with van der Waals surface area (Å²) in [6.45, 7) is 9.73. The summed E-state index contributed by atoms with van der Waals surface area (Å²) < 4.78 is 5.84. The first-order chi connectivity index (χ1) is 8.51. The molecule has 0 bridgehead atoms. The van der Waals surface area contributed by atoms with Crippen molar-refractivity contribution < 1.29 is 4.74 Å². The maximum atomic E-state index is 5.84. The first-order valence-electron chi connectivity index (χ1n) is 6.97. The van der Waals surface area contributed by atoms with Crippen LogP contribution in [0.5, 0.6) is 0 Å². The summed E-state index contributed by atoms with van der Waals surface area (Å²) in [5, 5.41) is 3.51. The van der Waals surface area contributed by atoms with Gasteiger partial charge in [-0.2, -0.15) is 0 Å². The van der Waals surface area contributed by atoms with Gasteiger partial charge in [0, 0.05) is 11.5 Å². The molecule has 100 valence electrons. The molecule has 0 radical (unpaired) electrons. The van der Waals surface area contributed by atoms with Crippen LogP contribution in [-0.4, -0.2) is 18.9 Å². The van der Waals surface area contributed by atoms with E-state index in [4.69, 9.17) is 4.74 Å². The lowest BCUT2D eigenvalue weighted by molar-refractivity contribution is 0.00754. The molecule has 1 saturated heterocycles. The third-order valence-corrected chi connectivity index (χ3v) is 3.75. The zero-order chi connectivity index (χ0) is 13.2. The second-order valence-electron chi connectivity index (χ2n) is 6.12. The highest BCUT2D eigenvalue weighted by Gasteiger charge is 2.35. The monoisotopic (exact) mass is 247 g/mol. The van der Waals surface area contributed by atoms with Gasteiger partial charge in [-0.05, 0) is 30.9 Å². The second-order valence-corrected chi connectivity index (χ2v) is 6.12. The second kappa shape index (κ2) is 5.41. The molecule has 0 amide bonds. The molecule has 1 heterocycles. The lowest BCUT2D eigenvalue weighted by atomic mass is 9.83. The van der Waals surface area contributed by atoms with Gasteiger partial charge in [0.25, 0.3) is 0 Å². The van der Waals surface area contributed by atoms with E-state index >= 15 is 0 Å². The fourth-order valence-electron chi connectivity index (χ4n) is 2.56. The van der Waals surface area contributed by atoms with Crippen LogP contribution in [0.15, 0.2) is 24.3 Å². The average Bonchev–Trinajstić information content (AvgIpc) is 2.77. The molecule has 0 aliphatic carbocycles. The minimum absolute atomic E-state index is 0.124. The van der Waals surface area contributed by atoms with E-state index in [0.29, 0.717) is 6.04 Å². The van der Waals surface area contributed by atoms with Gasteiger partial charge in [0.1, 0.15) is 6.23 Å². The maximum Gasteiger partial charge on any atom is 0.113 e. The number of hydrogen-bond donors (Lipinski definition) is 1. The van der Waals surface area contributed by atoms with Crippen molar-refractivity contribution in [3.8, 4) is 0 Å². The molecule has 2 heteroatoms. The zero-order valence-electron chi connectivity index (χ0n) is 12.0. The average molecular weight is 247 g/mol. The number of nitrogens with one attached hydrogen (secondary N) is 1. The summed E-state index contributed by atoms with van der Waals surface area (Å²) in [6, 6.07) is 9.43. The van der Waals surface area contributed by atoms with Crippen LogP contribution in [0.4, 0.5) is 0 Å². The van der Waals surface area contributed by atoms with Gasteiger partial charge in [0.05, 0.1) is 6.61 Å². The Bertz CT molecular complexity index is 383. The predicted molar refractivity (Wildman–Crippen MR) is 75.6 cm³/mol. The molecule has 1 N–H and O–H groups in total. The van der Waals surface area contributed by atoms with E-state index in [-0.39, 0.29) is 11.6 Å². The van der Waals surface area contributed by atoms with Crippen molar-refractivity contribution in [2.24, 2.45) is 5.41 Å². The van der Waals surface area contributed by atoms with E-state index in [1.807, 2.05) is 0 Å². The Hall–Kier alpha value is -0.860. The highest BCUT2D eigenvalue weighted by atomic mass is 16.5. The quantitative estimate of drug-likeness (QED) is 0.882. The molecule has 1 aromatic rings. The Morgan fingerprint density at radius 1 is 1.22 bits per heavy atom. The maximum absolute atomic E-state index is 5.84. The van der Waals surface area contributed by atoms with Crippen molar-refractivity contribution in [1.29, 1.82) is 0 Å².